The topological polar surface area (TPSA) is 84.8 Å². The standard InChI is InChI=1S/C24H25N5O2S/c1-3-12-29-16-27-28-24(29)32-15-23(30)26-13-20(17-8-10-18(31-2)11-9-17)21-14-25-22-7-5-4-6-19(21)22/h3-11,14,16,20,25H,1,12-13,15H2,2H3,(H,26,30). The van der Waals surface area contributed by atoms with Gasteiger partial charge in [0.15, 0.2) is 5.16 Å². The Kier molecular flexibility index (Phi) is 6.91. The molecule has 8 heteroatoms. The van der Waals surface area contributed by atoms with E-state index in [9.17, 15) is 4.79 Å². The van der Waals surface area contributed by atoms with Crippen molar-refractivity contribution < 1.29 is 9.53 Å². The van der Waals surface area contributed by atoms with Crippen molar-refractivity contribution in [2.24, 2.45) is 0 Å². The Morgan fingerprint density at radius 1 is 1.28 bits per heavy atom. The maximum absolute atomic E-state index is 12.6. The highest BCUT2D eigenvalue weighted by Gasteiger charge is 2.19. The fourth-order valence-corrected chi connectivity index (χ4v) is 4.40. The van der Waals surface area contributed by atoms with E-state index < -0.39 is 0 Å². The minimum Gasteiger partial charge on any atom is -0.497 e. The molecule has 0 saturated heterocycles. The third-order valence-corrected chi connectivity index (χ3v) is 6.24. The molecule has 2 N–H and O–H groups in total. The number of thioether (sulfide) groups is 1. The number of para-hydroxylation sites is 1. The van der Waals surface area contributed by atoms with Gasteiger partial charge in [0, 0.05) is 36.1 Å². The average Bonchev–Trinajstić information content (AvgIpc) is 3.46. The largest absolute Gasteiger partial charge is 0.497 e. The molecule has 0 saturated carbocycles. The second-order valence-corrected chi connectivity index (χ2v) is 8.21. The summed E-state index contributed by atoms with van der Waals surface area (Å²) in [5, 5.41) is 12.9. The molecule has 164 valence electrons. The van der Waals surface area contributed by atoms with Gasteiger partial charge >= 0.3 is 0 Å². The third kappa shape index (κ3) is 4.86. The molecular formula is C24H25N5O2S. The molecule has 1 amide bonds. The van der Waals surface area contributed by atoms with Crippen LogP contribution in [0.4, 0.5) is 0 Å². The van der Waals surface area contributed by atoms with Gasteiger partial charge in [-0.1, -0.05) is 48.2 Å². The highest BCUT2D eigenvalue weighted by atomic mass is 32.2. The molecule has 0 radical (unpaired) electrons. The molecule has 0 fully saturated rings. The molecule has 1 unspecified atom stereocenters. The van der Waals surface area contributed by atoms with Crippen LogP contribution in [0, 0.1) is 0 Å². The van der Waals surface area contributed by atoms with Crippen molar-refractivity contribution in [1.82, 2.24) is 25.1 Å². The number of allylic oxidation sites excluding steroid dienone is 1. The number of H-pyrrole nitrogens is 1. The van der Waals surface area contributed by atoms with Crippen molar-refractivity contribution >= 4 is 28.6 Å². The van der Waals surface area contributed by atoms with E-state index in [1.807, 2.05) is 47.2 Å². The normalized spacial score (nSPS) is 11.9. The number of methoxy groups -OCH3 is 1. The first-order valence-electron chi connectivity index (χ1n) is 10.3. The quantitative estimate of drug-likeness (QED) is 0.284. The third-order valence-electron chi connectivity index (χ3n) is 5.26. The molecule has 4 rings (SSSR count). The van der Waals surface area contributed by atoms with Gasteiger partial charge < -0.3 is 19.6 Å². The van der Waals surface area contributed by atoms with E-state index in [4.69, 9.17) is 4.74 Å². The predicted octanol–water partition coefficient (Wildman–Crippen LogP) is 3.99. The number of benzene rings is 2. The lowest BCUT2D eigenvalue weighted by Crippen LogP contribution is -2.30. The highest BCUT2D eigenvalue weighted by Crippen LogP contribution is 2.31. The monoisotopic (exact) mass is 447 g/mol. The van der Waals surface area contributed by atoms with Crippen LogP contribution in [-0.2, 0) is 11.3 Å². The number of aromatic amines is 1. The van der Waals surface area contributed by atoms with Crippen molar-refractivity contribution in [2.75, 3.05) is 19.4 Å². The molecule has 7 nitrogen and oxygen atoms in total. The maximum Gasteiger partial charge on any atom is 0.230 e. The Hall–Kier alpha value is -3.52. The number of fused-ring (bicyclic) bond motifs is 1. The number of aromatic nitrogens is 4. The van der Waals surface area contributed by atoms with Gasteiger partial charge in [-0.3, -0.25) is 4.79 Å². The number of hydrogen-bond acceptors (Lipinski definition) is 5. The number of nitrogens with one attached hydrogen (secondary N) is 2. The lowest BCUT2D eigenvalue weighted by atomic mass is 9.91. The molecule has 0 aliphatic carbocycles. The molecule has 1 atom stereocenters. The Morgan fingerprint density at radius 2 is 2.09 bits per heavy atom. The summed E-state index contributed by atoms with van der Waals surface area (Å²) in [4.78, 5) is 16.0. The lowest BCUT2D eigenvalue weighted by molar-refractivity contribution is -0.118. The van der Waals surface area contributed by atoms with Crippen LogP contribution in [0.25, 0.3) is 10.9 Å². The predicted molar refractivity (Wildman–Crippen MR) is 127 cm³/mol. The summed E-state index contributed by atoms with van der Waals surface area (Å²) in [6.45, 7) is 4.82. The van der Waals surface area contributed by atoms with E-state index in [0.29, 0.717) is 18.2 Å². The van der Waals surface area contributed by atoms with Crippen molar-refractivity contribution in [3.05, 3.63) is 84.8 Å². The van der Waals surface area contributed by atoms with E-state index >= 15 is 0 Å². The maximum atomic E-state index is 12.6. The molecular weight excluding hydrogens is 422 g/mol. The molecule has 4 aromatic rings. The summed E-state index contributed by atoms with van der Waals surface area (Å²) in [5.41, 5.74) is 3.32. The Morgan fingerprint density at radius 3 is 2.88 bits per heavy atom. The van der Waals surface area contributed by atoms with Crippen molar-refractivity contribution in [3.8, 4) is 5.75 Å². The van der Waals surface area contributed by atoms with Gasteiger partial charge in [-0.05, 0) is 29.3 Å². The molecule has 0 aliphatic heterocycles. The minimum atomic E-state index is -0.0542. The molecule has 0 aliphatic rings. The van der Waals surface area contributed by atoms with Crippen LogP contribution in [0.3, 0.4) is 0 Å². The zero-order chi connectivity index (χ0) is 22.3. The highest BCUT2D eigenvalue weighted by molar-refractivity contribution is 7.99. The zero-order valence-corrected chi connectivity index (χ0v) is 18.6. The Balaban J connectivity index is 1.49. The first kappa shape index (κ1) is 21.7. The van der Waals surface area contributed by atoms with Crippen molar-refractivity contribution in [2.45, 2.75) is 17.6 Å². The van der Waals surface area contributed by atoms with Crippen LogP contribution in [-0.4, -0.2) is 45.1 Å². The van der Waals surface area contributed by atoms with E-state index in [2.05, 4.69) is 39.2 Å². The van der Waals surface area contributed by atoms with Gasteiger partial charge in [0.05, 0.1) is 12.9 Å². The summed E-state index contributed by atoms with van der Waals surface area (Å²) < 4.78 is 7.16. The second-order valence-electron chi connectivity index (χ2n) is 7.26. The molecule has 2 heterocycles. The van der Waals surface area contributed by atoms with Crippen LogP contribution in [0.5, 0.6) is 5.75 Å². The van der Waals surface area contributed by atoms with Crippen molar-refractivity contribution in [3.63, 3.8) is 0 Å². The van der Waals surface area contributed by atoms with Gasteiger partial charge in [-0.15, -0.1) is 16.8 Å². The Labute approximate surface area is 190 Å². The number of ether oxygens (including phenoxy) is 1. The van der Waals surface area contributed by atoms with E-state index in [1.54, 1.807) is 19.5 Å². The number of carbonyl (C=O) groups is 1. The number of rotatable bonds is 10. The van der Waals surface area contributed by atoms with Crippen LogP contribution < -0.4 is 10.1 Å². The van der Waals surface area contributed by atoms with E-state index in [-0.39, 0.29) is 17.6 Å². The fourth-order valence-electron chi connectivity index (χ4n) is 3.64. The summed E-state index contributed by atoms with van der Waals surface area (Å²) in [7, 11) is 1.65. The summed E-state index contributed by atoms with van der Waals surface area (Å²) in [6, 6.07) is 16.2. The van der Waals surface area contributed by atoms with Gasteiger partial charge in [0.1, 0.15) is 12.1 Å². The van der Waals surface area contributed by atoms with Crippen LogP contribution in [0.2, 0.25) is 0 Å². The summed E-state index contributed by atoms with van der Waals surface area (Å²) in [6.07, 6.45) is 5.44. The Bertz CT molecular complexity index is 1200. The number of hydrogen-bond donors (Lipinski definition) is 2. The van der Waals surface area contributed by atoms with Gasteiger partial charge in [0.25, 0.3) is 0 Å². The van der Waals surface area contributed by atoms with Gasteiger partial charge in [0.2, 0.25) is 5.91 Å². The van der Waals surface area contributed by atoms with Crippen LogP contribution in [0.15, 0.2) is 78.9 Å². The summed E-state index contributed by atoms with van der Waals surface area (Å²) in [5.74, 6) is 1.01. The number of nitrogens with zero attached hydrogens (tertiary/aromatic N) is 3. The van der Waals surface area contributed by atoms with Crippen LogP contribution in [0.1, 0.15) is 17.0 Å². The van der Waals surface area contributed by atoms with E-state index in [0.717, 1.165) is 27.8 Å². The fraction of sp³-hybridized carbons (Fsp3) is 0.208. The molecule has 0 spiro atoms. The first-order chi connectivity index (χ1) is 15.7. The van der Waals surface area contributed by atoms with Crippen molar-refractivity contribution in [1.29, 1.82) is 0 Å². The van der Waals surface area contributed by atoms with Crippen LogP contribution >= 0.6 is 11.8 Å². The smallest absolute Gasteiger partial charge is 0.230 e. The van der Waals surface area contributed by atoms with E-state index in [1.165, 1.54) is 11.8 Å². The average molecular weight is 448 g/mol. The minimum absolute atomic E-state index is 0.00424. The number of carbonyl (C=O) groups excluding carboxylic acids is 1. The first-order valence-corrected chi connectivity index (χ1v) is 11.3. The zero-order valence-electron chi connectivity index (χ0n) is 17.8. The SMILES string of the molecule is C=CCn1cnnc1SCC(=O)NCC(c1ccc(OC)cc1)c1c[nH]c2ccccc12. The van der Waals surface area contributed by atoms with Gasteiger partial charge in [-0.2, -0.15) is 0 Å². The molecule has 0 bridgehead atoms. The number of amides is 1. The lowest BCUT2D eigenvalue weighted by Gasteiger charge is -2.18. The molecule has 2 aromatic carbocycles. The summed E-state index contributed by atoms with van der Waals surface area (Å²) >= 11 is 1.36. The molecule has 2 aromatic heterocycles. The second kappa shape index (κ2) is 10.2. The molecule has 32 heavy (non-hydrogen) atoms. The van der Waals surface area contributed by atoms with Gasteiger partial charge in [-0.25, -0.2) is 0 Å².